The van der Waals surface area contributed by atoms with E-state index in [1.54, 1.807) is 6.20 Å². The Balaban J connectivity index is 2.17. The van der Waals surface area contributed by atoms with Gasteiger partial charge in [-0.15, -0.1) is 0 Å². The van der Waals surface area contributed by atoms with Gasteiger partial charge in [0.15, 0.2) is 11.7 Å². The average molecular weight is 311 g/mol. The highest BCUT2D eigenvalue weighted by Crippen LogP contribution is 2.32. The topological polar surface area (TPSA) is 163 Å². The maximum Gasteiger partial charge on any atom is 0.173 e. The molecule has 0 spiro atoms. The molecule has 7 N–H and O–H groups in total. The fraction of sp³-hybridized carbons (Fsp3) is 0.500. The summed E-state index contributed by atoms with van der Waals surface area (Å²) in [5.41, 5.74) is 6.27. The molecule has 4 atom stereocenters. The van der Waals surface area contributed by atoms with E-state index in [2.05, 4.69) is 4.98 Å². The molecule has 0 bridgehead atoms. The molecule has 1 saturated heterocycles. The number of rotatable bonds is 3. The van der Waals surface area contributed by atoms with E-state index in [-0.39, 0.29) is 17.7 Å². The summed E-state index contributed by atoms with van der Waals surface area (Å²) in [5, 5.41) is 46.9. The molecule has 120 valence electrons. The highest BCUT2D eigenvalue weighted by molar-refractivity contribution is 5.79. The number of hydrogen-bond acceptors (Lipinski definition) is 8. The summed E-state index contributed by atoms with van der Waals surface area (Å²) in [4.78, 5) is 4.03. The van der Waals surface area contributed by atoms with Crippen LogP contribution in [0.4, 0.5) is 0 Å². The fourth-order valence-electron chi connectivity index (χ4n) is 2.70. The largest absolute Gasteiger partial charge is 0.425 e. The molecule has 0 unspecified atom stereocenters. The Labute approximate surface area is 124 Å². The minimum absolute atomic E-state index is 0.0931. The Morgan fingerprint density at radius 2 is 2.09 bits per heavy atom. The van der Waals surface area contributed by atoms with Gasteiger partial charge in [0, 0.05) is 12.7 Å². The van der Waals surface area contributed by atoms with Crippen molar-refractivity contribution in [1.82, 2.24) is 14.3 Å². The first kappa shape index (κ1) is 14.9. The molecule has 1 aliphatic heterocycles. The first-order valence-electron chi connectivity index (χ1n) is 6.67. The van der Waals surface area contributed by atoms with Crippen molar-refractivity contribution < 1.29 is 25.3 Å². The van der Waals surface area contributed by atoms with Crippen LogP contribution in [0.1, 0.15) is 11.8 Å². The number of aliphatic hydroxyl groups is 3. The molecule has 0 radical (unpaired) electrons. The number of nitrogens with two attached hydrogens (primary N) is 1. The lowest BCUT2D eigenvalue weighted by Crippen LogP contribution is -2.33. The third-order valence-corrected chi connectivity index (χ3v) is 3.85. The van der Waals surface area contributed by atoms with Gasteiger partial charge in [-0.1, -0.05) is 0 Å². The predicted molar refractivity (Wildman–Crippen MR) is 71.7 cm³/mol. The van der Waals surface area contributed by atoms with Gasteiger partial charge in [-0.3, -0.25) is 5.41 Å². The molecule has 0 saturated carbocycles. The molecule has 10 heteroatoms. The first-order valence-corrected chi connectivity index (χ1v) is 6.67. The number of fused-ring (bicyclic) bond motifs is 1. The third kappa shape index (κ3) is 2.01. The van der Waals surface area contributed by atoms with Crippen LogP contribution in [-0.2, 0) is 11.3 Å². The summed E-state index contributed by atoms with van der Waals surface area (Å²) in [6, 6.07) is 0. The predicted octanol–water partition coefficient (Wildman–Crippen LogP) is -2.38. The summed E-state index contributed by atoms with van der Waals surface area (Å²) in [6.45, 7) is -0.346. The van der Waals surface area contributed by atoms with Crippen molar-refractivity contribution in [1.29, 1.82) is 5.41 Å². The van der Waals surface area contributed by atoms with E-state index < -0.39 is 31.1 Å². The van der Waals surface area contributed by atoms with Crippen molar-refractivity contribution in [3.05, 3.63) is 23.6 Å². The number of hydrogen-bond donors (Lipinski definition) is 6. The number of ether oxygens (including phenoxy) is 1. The van der Waals surface area contributed by atoms with E-state index in [0.29, 0.717) is 15.7 Å². The number of aromatic nitrogens is 3. The molecule has 3 heterocycles. The molecule has 2 aromatic rings. The Bertz CT molecular complexity index is 756. The van der Waals surface area contributed by atoms with Crippen LogP contribution in [-0.4, -0.2) is 59.7 Å². The fourth-order valence-corrected chi connectivity index (χ4v) is 2.70. The molecule has 22 heavy (non-hydrogen) atoms. The van der Waals surface area contributed by atoms with Gasteiger partial charge in [-0.25, -0.2) is 4.98 Å². The lowest BCUT2D eigenvalue weighted by molar-refractivity contribution is -0.0509. The molecule has 1 aliphatic rings. The monoisotopic (exact) mass is 311 g/mol. The van der Waals surface area contributed by atoms with Crippen molar-refractivity contribution in [3.8, 4) is 0 Å². The molecular weight excluding hydrogens is 294 g/mol. The van der Waals surface area contributed by atoms with Gasteiger partial charge in [0.2, 0.25) is 0 Å². The second-order valence-electron chi connectivity index (χ2n) is 5.13. The summed E-state index contributed by atoms with van der Waals surface area (Å²) in [5.74, 6) is 0. The summed E-state index contributed by atoms with van der Waals surface area (Å²) in [6.07, 6.45) is -1.80. The van der Waals surface area contributed by atoms with Gasteiger partial charge in [0.25, 0.3) is 0 Å². The number of nitrogens with zero attached hydrogens (tertiary/aromatic N) is 3. The van der Waals surface area contributed by atoms with Gasteiger partial charge in [0.05, 0.1) is 12.0 Å². The molecular formula is C12H17N5O5. The standard InChI is InChI=1S/C12H17N5O5/c13-1-5-2-16(11-7(5)10(14)17(21)4-15-11)12-9(20)8(19)6(3-18)22-12/h2,4,6,8-9,12,14,18-21H,1,3,13H2/t6-,8-,9-,12-/m1/s1. The first-order chi connectivity index (χ1) is 10.5. The second-order valence-corrected chi connectivity index (χ2v) is 5.13. The summed E-state index contributed by atoms with van der Waals surface area (Å²) < 4.78 is 7.46. The van der Waals surface area contributed by atoms with E-state index in [1.165, 1.54) is 4.57 Å². The quantitative estimate of drug-likeness (QED) is 0.345. The SMILES string of the molecule is N=c1c2c(CN)cn([C@@H]3O[C@H](CO)[C@@H](O)[C@H]3O)c2ncn1O. The number of aliphatic hydroxyl groups excluding tert-OH is 3. The van der Waals surface area contributed by atoms with Crippen LogP contribution in [0, 0.1) is 5.41 Å². The highest BCUT2D eigenvalue weighted by atomic mass is 16.6. The lowest BCUT2D eigenvalue weighted by Gasteiger charge is -2.17. The van der Waals surface area contributed by atoms with Gasteiger partial charge in [0.1, 0.15) is 30.3 Å². The van der Waals surface area contributed by atoms with Crippen LogP contribution in [0.15, 0.2) is 12.5 Å². The van der Waals surface area contributed by atoms with E-state index in [4.69, 9.17) is 21.0 Å². The van der Waals surface area contributed by atoms with Crippen LogP contribution in [0.2, 0.25) is 0 Å². The van der Waals surface area contributed by atoms with Gasteiger partial charge in [-0.05, 0) is 5.56 Å². The van der Waals surface area contributed by atoms with Crippen molar-refractivity contribution >= 4 is 11.0 Å². The third-order valence-electron chi connectivity index (χ3n) is 3.85. The van der Waals surface area contributed by atoms with E-state index in [0.717, 1.165) is 6.33 Å². The maximum atomic E-state index is 10.1. The van der Waals surface area contributed by atoms with Crippen LogP contribution in [0.25, 0.3) is 11.0 Å². The van der Waals surface area contributed by atoms with Crippen LogP contribution >= 0.6 is 0 Å². The maximum absolute atomic E-state index is 10.1. The molecule has 0 aromatic carbocycles. The smallest absolute Gasteiger partial charge is 0.173 e. The zero-order chi connectivity index (χ0) is 16.0. The summed E-state index contributed by atoms with van der Waals surface area (Å²) in [7, 11) is 0. The molecule has 0 aliphatic carbocycles. The van der Waals surface area contributed by atoms with Crippen molar-refractivity contribution in [2.75, 3.05) is 6.61 Å². The van der Waals surface area contributed by atoms with E-state index >= 15 is 0 Å². The van der Waals surface area contributed by atoms with Crippen molar-refractivity contribution in [3.63, 3.8) is 0 Å². The van der Waals surface area contributed by atoms with Crippen molar-refractivity contribution in [2.45, 2.75) is 31.1 Å². The molecule has 10 nitrogen and oxygen atoms in total. The normalized spacial score (nSPS) is 28.5. The van der Waals surface area contributed by atoms with E-state index in [9.17, 15) is 15.4 Å². The average Bonchev–Trinajstić information content (AvgIpc) is 3.02. The van der Waals surface area contributed by atoms with Gasteiger partial charge < -0.3 is 35.6 Å². The highest BCUT2D eigenvalue weighted by Gasteiger charge is 2.44. The lowest BCUT2D eigenvalue weighted by atomic mass is 10.1. The van der Waals surface area contributed by atoms with Gasteiger partial charge in [-0.2, -0.15) is 4.73 Å². The van der Waals surface area contributed by atoms with Crippen LogP contribution < -0.4 is 11.2 Å². The molecule has 1 fully saturated rings. The molecule has 0 amide bonds. The van der Waals surface area contributed by atoms with Crippen LogP contribution in [0.3, 0.4) is 0 Å². The molecule has 3 rings (SSSR count). The Hall–Kier alpha value is -1.98. The Kier molecular flexibility index (Phi) is 3.62. The van der Waals surface area contributed by atoms with E-state index in [1.807, 2.05) is 0 Å². The van der Waals surface area contributed by atoms with Gasteiger partial charge >= 0.3 is 0 Å². The van der Waals surface area contributed by atoms with Crippen molar-refractivity contribution in [2.24, 2.45) is 5.73 Å². The summed E-state index contributed by atoms with van der Waals surface area (Å²) >= 11 is 0. The zero-order valence-corrected chi connectivity index (χ0v) is 11.5. The zero-order valence-electron chi connectivity index (χ0n) is 11.5. The Morgan fingerprint density at radius 1 is 1.36 bits per heavy atom. The molecule has 2 aromatic heterocycles. The number of nitrogens with one attached hydrogen (secondary N) is 1. The second kappa shape index (κ2) is 5.34. The minimum atomic E-state index is -1.27. The van der Waals surface area contributed by atoms with Crippen LogP contribution in [0.5, 0.6) is 0 Å². The Morgan fingerprint density at radius 3 is 2.68 bits per heavy atom. The minimum Gasteiger partial charge on any atom is -0.425 e.